The van der Waals surface area contributed by atoms with E-state index >= 15 is 0 Å². The number of ether oxygens (including phenoxy) is 1. The first kappa shape index (κ1) is 13.0. The first-order valence-corrected chi connectivity index (χ1v) is 6.12. The van der Waals surface area contributed by atoms with Crippen LogP contribution < -0.4 is 5.32 Å². The summed E-state index contributed by atoms with van der Waals surface area (Å²) in [5.74, 6) is -0.589. The lowest BCUT2D eigenvalue weighted by Crippen LogP contribution is -1.97. The Morgan fingerprint density at radius 1 is 1.37 bits per heavy atom. The fraction of sp³-hybridized carbons (Fsp3) is 0.0833. The average Bonchev–Trinajstić information content (AvgIpc) is 2.83. The maximum absolute atomic E-state index is 11.4. The van der Waals surface area contributed by atoms with E-state index in [1.165, 1.54) is 13.2 Å². The van der Waals surface area contributed by atoms with Crippen LogP contribution in [0.25, 0.3) is 0 Å². The second-order valence-electron chi connectivity index (χ2n) is 3.56. The number of esters is 1. The number of carbonyl (C=O) groups is 1. The highest BCUT2D eigenvalue weighted by Crippen LogP contribution is 2.36. The van der Waals surface area contributed by atoms with Gasteiger partial charge in [-0.1, -0.05) is 18.2 Å². The molecule has 0 aliphatic carbocycles. The quantitative estimate of drug-likeness (QED) is 0.527. The molecule has 1 N–H and O–H groups in total. The fourth-order valence-corrected chi connectivity index (χ4v) is 2.42. The Labute approximate surface area is 112 Å². The molecule has 0 saturated heterocycles. The number of rotatable bonds is 4. The topological polar surface area (TPSA) is 81.5 Å². The Hall–Kier alpha value is -2.41. The largest absolute Gasteiger partial charge is 0.465 e. The summed E-state index contributed by atoms with van der Waals surface area (Å²) in [5, 5.41) is 14.2. The third-order valence-electron chi connectivity index (χ3n) is 2.33. The molecule has 6 nitrogen and oxygen atoms in total. The van der Waals surface area contributed by atoms with E-state index in [1.54, 1.807) is 12.1 Å². The lowest BCUT2D eigenvalue weighted by molar-refractivity contribution is -0.383. The summed E-state index contributed by atoms with van der Waals surface area (Å²) in [4.78, 5) is 22.0. The van der Waals surface area contributed by atoms with Gasteiger partial charge in [0.05, 0.1) is 12.0 Å². The van der Waals surface area contributed by atoms with Crippen molar-refractivity contribution in [3.63, 3.8) is 0 Å². The number of methoxy groups -OCH3 is 1. The van der Waals surface area contributed by atoms with Crippen molar-refractivity contribution in [2.45, 2.75) is 0 Å². The first-order chi connectivity index (χ1) is 9.11. The van der Waals surface area contributed by atoms with Crippen LogP contribution >= 0.6 is 11.3 Å². The van der Waals surface area contributed by atoms with Crippen molar-refractivity contribution in [3.8, 4) is 0 Å². The smallest absolute Gasteiger partial charge is 0.348 e. The van der Waals surface area contributed by atoms with E-state index in [4.69, 9.17) is 0 Å². The minimum absolute atomic E-state index is 0.144. The van der Waals surface area contributed by atoms with Crippen molar-refractivity contribution in [3.05, 3.63) is 51.4 Å². The molecule has 1 aromatic carbocycles. The number of nitrogens with zero attached hydrogens (tertiary/aromatic N) is 1. The van der Waals surface area contributed by atoms with Crippen LogP contribution in [0.1, 0.15) is 9.67 Å². The molecule has 0 aliphatic heterocycles. The van der Waals surface area contributed by atoms with Crippen LogP contribution in [0.3, 0.4) is 0 Å². The molecule has 2 aromatic rings. The van der Waals surface area contributed by atoms with Crippen LogP contribution in [0.4, 0.5) is 16.4 Å². The summed E-state index contributed by atoms with van der Waals surface area (Å²) < 4.78 is 4.56. The predicted octanol–water partition coefficient (Wildman–Crippen LogP) is 3.19. The van der Waals surface area contributed by atoms with Gasteiger partial charge in [-0.2, -0.15) is 0 Å². The minimum Gasteiger partial charge on any atom is -0.465 e. The van der Waals surface area contributed by atoms with Gasteiger partial charge in [0.1, 0.15) is 4.88 Å². The van der Waals surface area contributed by atoms with Crippen molar-refractivity contribution in [1.82, 2.24) is 0 Å². The van der Waals surface area contributed by atoms with E-state index in [-0.39, 0.29) is 10.6 Å². The lowest BCUT2D eigenvalue weighted by Gasteiger charge is -2.02. The number of nitrogens with one attached hydrogen (secondary N) is 1. The van der Waals surface area contributed by atoms with Gasteiger partial charge in [-0.3, -0.25) is 10.1 Å². The van der Waals surface area contributed by atoms with Crippen molar-refractivity contribution in [2.75, 3.05) is 12.4 Å². The molecular weight excluding hydrogens is 268 g/mol. The van der Waals surface area contributed by atoms with E-state index in [2.05, 4.69) is 10.1 Å². The Morgan fingerprint density at radius 3 is 2.63 bits per heavy atom. The number of nitro groups is 1. The highest BCUT2D eigenvalue weighted by molar-refractivity contribution is 7.18. The molecule has 19 heavy (non-hydrogen) atoms. The molecule has 0 amide bonds. The van der Waals surface area contributed by atoms with Gasteiger partial charge in [0.25, 0.3) is 0 Å². The summed E-state index contributed by atoms with van der Waals surface area (Å²) in [7, 11) is 1.23. The number of carbonyl (C=O) groups excluding carboxylic acids is 1. The number of hydrogen-bond acceptors (Lipinski definition) is 6. The van der Waals surface area contributed by atoms with Gasteiger partial charge in [-0.05, 0) is 12.1 Å². The van der Waals surface area contributed by atoms with Crippen LogP contribution in [0.15, 0.2) is 36.4 Å². The zero-order chi connectivity index (χ0) is 13.8. The van der Waals surface area contributed by atoms with Gasteiger partial charge in [-0.15, -0.1) is 11.3 Å². The Morgan fingerprint density at radius 2 is 2.05 bits per heavy atom. The molecule has 1 heterocycles. The minimum atomic E-state index is -0.589. The summed E-state index contributed by atoms with van der Waals surface area (Å²) in [5.41, 5.74) is 0.568. The van der Waals surface area contributed by atoms with Crippen molar-refractivity contribution >= 4 is 33.7 Å². The van der Waals surface area contributed by atoms with E-state index < -0.39 is 10.9 Å². The van der Waals surface area contributed by atoms with Crippen LogP contribution in [0, 0.1) is 10.1 Å². The van der Waals surface area contributed by atoms with E-state index in [0.717, 1.165) is 11.3 Å². The van der Waals surface area contributed by atoms with Gasteiger partial charge in [0.2, 0.25) is 0 Å². The number of benzene rings is 1. The zero-order valence-corrected chi connectivity index (χ0v) is 10.8. The van der Waals surface area contributed by atoms with Crippen LogP contribution in [-0.2, 0) is 4.74 Å². The molecule has 0 atom stereocenters. The van der Waals surface area contributed by atoms with Gasteiger partial charge in [0.15, 0.2) is 5.00 Å². The molecule has 98 valence electrons. The summed E-state index contributed by atoms with van der Waals surface area (Å²) in [6.07, 6.45) is 0. The number of anilines is 2. The van der Waals surface area contributed by atoms with Crippen molar-refractivity contribution in [2.24, 2.45) is 0 Å². The fourth-order valence-electron chi connectivity index (χ4n) is 1.46. The molecule has 0 unspecified atom stereocenters. The molecule has 0 aliphatic rings. The molecule has 0 fully saturated rings. The Kier molecular flexibility index (Phi) is 3.76. The van der Waals surface area contributed by atoms with E-state index in [0.29, 0.717) is 10.7 Å². The molecular formula is C12H10N2O4S. The van der Waals surface area contributed by atoms with Crippen molar-refractivity contribution in [1.29, 1.82) is 0 Å². The standard InChI is InChI=1S/C12H10N2O4S/c1-18-12(15)10-7-9(14(16)17)11(19-10)13-8-5-3-2-4-6-8/h2-7,13H,1H3. The molecule has 1 aromatic heterocycles. The predicted molar refractivity (Wildman–Crippen MR) is 72.0 cm³/mol. The van der Waals surface area contributed by atoms with Gasteiger partial charge >= 0.3 is 11.7 Å². The summed E-state index contributed by atoms with van der Waals surface area (Å²) in [6, 6.07) is 10.2. The lowest BCUT2D eigenvalue weighted by atomic mass is 10.3. The molecule has 0 radical (unpaired) electrons. The average molecular weight is 278 g/mol. The van der Waals surface area contributed by atoms with Gasteiger partial charge < -0.3 is 10.1 Å². The first-order valence-electron chi connectivity index (χ1n) is 5.30. The molecule has 0 saturated carbocycles. The molecule has 0 spiro atoms. The maximum atomic E-state index is 11.4. The monoisotopic (exact) mass is 278 g/mol. The highest BCUT2D eigenvalue weighted by atomic mass is 32.1. The van der Waals surface area contributed by atoms with Gasteiger partial charge in [-0.25, -0.2) is 4.79 Å². The van der Waals surface area contributed by atoms with Crippen molar-refractivity contribution < 1.29 is 14.5 Å². The molecule has 7 heteroatoms. The summed E-state index contributed by atoms with van der Waals surface area (Å²) >= 11 is 0.988. The molecule has 0 bridgehead atoms. The third-order valence-corrected chi connectivity index (χ3v) is 3.35. The number of para-hydroxylation sites is 1. The third kappa shape index (κ3) is 2.89. The number of thiophene rings is 1. The van der Waals surface area contributed by atoms with E-state index in [1.807, 2.05) is 18.2 Å². The Balaban J connectivity index is 2.36. The maximum Gasteiger partial charge on any atom is 0.348 e. The summed E-state index contributed by atoms with van der Waals surface area (Å²) in [6.45, 7) is 0. The normalized spacial score (nSPS) is 9.95. The second kappa shape index (κ2) is 5.49. The van der Waals surface area contributed by atoms with Crippen LogP contribution in [-0.4, -0.2) is 18.0 Å². The highest BCUT2D eigenvalue weighted by Gasteiger charge is 2.22. The SMILES string of the molecule is COC(=O)c1cc([N+](=O)[O-])c(Nc2ccccc2)s1. The van der Waals surface area contributed by atoms with Crippen LogP contribution in [0.2, 0.25) is 0 Å². The van der Waals surface area contributed by atoms with Gasteiger partial charge in [0, 0.05) is 11.8 Å². The zero-order valence-electron chi connectivity index (χ0n) is 9.95. The Bertz CT molecular complexity index is 609. The van der Waals surface area contributed by atoms with E-state index in [9.17, 15) is 14.9 Å². The van der Waals surface area contributed by atoms with Crippen LogP contribution in [0.5, 0.6) is 0 Å². The second-order valence-corrected chi connectivity index (χ2v) is 4.62. The number of hydrogen-bond donors (Lipinski definition) is 1. The molecule has 2 rings (SSSR count).